The van der Waals surface area contributed by atoms with E-state index in [1.54, 1.807) is 7.11 Å². The number of hydrogen-bond acceptors (Lipinski definition) is 3. The summed E-state index contributed by atoms with van der Waals surface area (Å²) in [4.78, 5) is 11.9. The Morgan fingerprint density at radius 1 is 1.45 bits per heavy atom. The maximum Gasteiger partial charge on any atom is 0.221 e. The Bertz CT molecular complexity index is 470. The molecule has 1 unspecified atom stereocenters. The third-order valence-electron chi connectivity index (χ3n) is 3.59. The molecule has 1 aliphatic carbocycles. The zero-order valence-electron chi connectivity index (χ0n) is 12.5. The molecule has 1 fully saturated rings. The van der Waals surface area contributed by atoms with Gasteiger partial charge in [-0.1, -0.05) is 17.7 Å². The Kier molecular flexibility index (Phi) is 5.01. The van der Waals surface area contributed by atoms with Crippen molar-refractivity contribution in [2.75, 3.05) is 13.7 Å². The molecule has 0 bridgehead atoms. The molecule has 0 aromatic heterocycles. The van der Waals surface area contributed by atoms with Crippen LogP contribution in [0.3, 0.4) is 0 Å². The Morgan fingerprint density at radius 2 is 2.20 bits per heavy atom. The first kappa shape index (κ1) is 14.9. The first-order valence-corrected chi connectivity index (χ1v) is 7.27. The van der Waals surface area contributed by atoms with Crippen molar-refractivity contribution in [3.63, 3.8) is 0 Å². The Morgan fingerprint density at radius 3 is 2.85 bits per heavy atom. The summed E-state index contributed by atoms with van der Waals surface area (Å²) >= 11 is 0. The molecule has 1 aromatic rings. The number of aryl methyl sites for hydroxylation is 1. The molecule has 4 heteroatoms. The van der Waals surface area contributed by atoms with E-state index in [1.165, 1.54) is 12.8 Å². The molecule has 0 saturated heterocycles. The predicted octanol–water partition coefficient (Wildman–Crippen LogP) is 2.32. The fourth-order valence-corrected chi connectivity index (χ4v) is 2.26. The number of amides is 1. The second-order valence-electron chi connectivity index (χ2n) is 5.51. The second kappa shape index (κ2) is 6.75. The Hall–Kier alpha value is -1.55. The highest BCUT2D eigenvalue weighted by molar-refractivity contribution is 5.76. The zero-order chi connectivity index (χ0) is 14.5. The molecular formula is C16H24N2O2. The average molecular weight is 276 g/mol. The molecule has 0 radical (unpaired) electrons. The van der Waals surface area contributed by atoms with Crippen LogP contribution in [0.25, 0.3) is 0 Å². The van der Waals surface area contributed by atoms with E-state index in [-0.39, 0.29) is 11.9 Å². The number of benzene rings is 1. The largest absolute Gasteiger partial charge is 0.496 e. The van der Waals surface area contributed by atoms with Gasteiger partial charge in [0.2, 0.25) is 5.91 Å². The molecule has 0 aliphatic heterocycles. The summed E-state index contributed by atoms with van der Waals surface area (Å²) in [6.45, 7) is 4.79. The fourth-order valence-electron chi connectivity index (χ4n) is 2.26. The molecule has 1 aromatic carbocycles. The maximum absolute atomic E-state index is 11.9. The van der Waals surface area contributed by atoms with Crippen LogP contribution in [0.1, 0.15) is 43.4 Å². The lowest BCUT2D eigenvalue weighted by molar-refractivity contribution is -0.121. The van der Waals surface area contributed by atoms with E-state index >= 15 is 0 Å². The minimum absolute atomic E-state index is 0.0433. The summed E-state index contributed by atoms with van der Waals surface area (Å²) < 4.78 is 5.36. The van der Waals surface area contributed by atoms with Crippen molar-refractivity contribution < 1.29 is 9.53 Å². The molecule has 1 aliphatic rings. The van der Waals surface area contributed by atoms with E-state index in [0.29, 0.717) is 12.5 Å². The molecule has 2 rings (SSSR count). The molecule has 4 nitrogen and oxygen atoms in total. The third-order valence-corrected chi connectivity index (χ3v) is 3.59. The lowest BCUT2D eigenvalue weighted by Crippen LogP contribution is -2.30. The van der Waals surface area contributed by atoms with E-state index in [4.69, 9.17) is 4.74 Å². The summed E-state index contributed by atoms with van der Waals surface area (Å²) in [5, 5.41) is 6.38. The molecule has 1 atom stereocenters. The highest BCUT2D eigenvalue weighted by Gasteiger charge is 2.20. The van der Waals surface area contributed by atoms with Gasteiger partial charge < -0.3 is 15.4 Å². The number of hydrogen-bond donors (Lipinski definition) is 2. The fraction of sp³-hybridized carbons (Fsp3) is 0.562. The topological polar surface area (TPSA) is 50.4 Å². The van der Waals surface area contributed by atoms with Crippen LogP contribution in [-0.2, 0) is 4.79 Å². The molecule has 110 valence electrons. The van der Waals surface area contributed by atoms with Gasteiger partial charge in [-0.05, 0) is 32.8 Å². The number of carbonyl (C=O) groups excluding carboxylic acids is 1. The minimum Gasteiger partial charge on any atom is -0.496 e. The number of methoxy groups -OCH3 is 1. The van der Waals surface area contributed by atoms with Gasteiger partial charge in [0.25, 0.3) is 0 Å². The smallest absolute Gasteiger partial charge is 0.221 e. The monoisotopic (exact) mass is 276 g/mol. The molecule has 1 amide bonds. The van der Waals surface area contributed by atoms with Crippen molar-refractivity contribution in [1.82, 2.24) is 10.6 Å². The van der Waals surface area contributed by atoms with Crippen LogP contribution in [0.2, 0.25) is 0 Å². The SMILES string of the molecule is COc1ccc(C)cc1C(C)NC(=O)CCNC1CC1. The van der Waals surface area contributed by atoms with E-state index in [2.05, 4.69) is 16.7 Å². The van der Waals surface area contributed by atoms with Gasteiger partial charge in [-0.15, -0.1) is 0 Å². The number of ether oxygens (including phenoxy) is 1. The van der Waals surface area contributed by atoms with Crippen molar-refractivity contribution in [1.29, 1.82) is 0 Å². The van der Waals surface area contributed by atoms with E-state index < -0.39 is 0 Å². The van der Waals surface area contributed by atoms with Crippen molar-refractivity contribution in [2.45, 2.75) is 45.2 Å². The van der Waals surface area contributed by atoms with Crippen LogP contribution in [0.5, 0.6) is 5.75 Å². The van der Waals surface area contributed by atoms with E-state index in [0.717, 1.165) is 23.4 Å². The molecular weight excluding hydrogens is 252 g/mol. The van der Waals surface area contributed by atoms with Gasteiger partial charge in [0.1, 0.15) is 5.75 Å². The predicted molar refractivity (Wildman–Crippen MR) is 79.9 cm³/mol. The standard InChI is InChI=1S/C16H24N2O2/c1-11-4-7-15(20-3)14(10-11)12(2)18-16(19)8-9-17-13-5-6-13/h4,7,10,12-13,17H,5-6,8-9H2,1-3H3,(H,18,19). The summed E-state index contributed by atoms with van der Waals surface area (Å²) in [6.07, 6.45) is 3.02. The maximum atomic E-state index is 11.9. The van der Waals surface area contributed by atoms with Gasteiger partial charge in [-0.25, -0.2) is 0 Å². The summed E-state index contributed by atoms with van der Waals surface area (Å²) in [7, 11) is 1.66. The van der Waals surface area contributed by atoms with Crippen LogP contribution in [0, 0.1) is 6.92 Å². The van der Waals surface area contributed by atoms with Crippen LogP contribution in [-0.4, -0.2) is 25.6 Å². The van der Waals surface area contributed by atoms with Gasteiger partial charge in [0.15, 0.2) is 0 Å². The number of rotatable bonds is 7. The van der Waals surface area contributed by atoms with Gasteiger partial charge in [0, 0.05) is 24.6 Å². The summed E-state index contributed by atoms with van der Waals surface area (Å²) in [5.74, 6) is 0.897. The lowest BCUT2D eigenvalue weighted by atomic mass is 10.0. The van der Waals surface area contributed by atoms with Crippen molar-refractivity contribution in [3.8, 4) is 5.75 Å². The van der Waals surface area contributed by atoms with Crippen molar-refractivity contribution >= 4 is 5.91 Å². The molecule has 1 saturated carbocycles. The molecule has 0 spiro atoms. The van der Waals surface area contributed by atoms with Gasteiger partial charge in [-0.3, -0.25) is 4.79 Å². The normalized spacial score (nSPS) is 15.8. The highest BCUT2D eigenvalue weighted by Crippen LogP contribution is 2.26. The van der Waals surface area contributed by atoms with Crippen LogP contribution in [0.15, 0.2) is 18.2 Å². The number of carbonyl (C=O) groups is 1. The van der Waals surface area contributed by atoms with Crippen molar-refractivity contribution in [3.05, 3.63) is 29.3 Å². The van der Waals surface area contributed by atoms with E-state index in [9.17, 15) is 4.79 Å². The van der Waals surface area contributed by atoms with Crippen LogP contribution in [0.4, 0.5) is 0 Å². The van der Waals surface area contributed by atoms with Crippen molar-refractivity contribution in [2.24, 2.45) is 0 Å². The Balaban J connectivity index is 1.87. The lowest BCUT2D eigenvalue weighted by Gasteiger charge is -2.18. The molecule has 2 N–H and O–H groups in total. The van der Waals surface area contributed by atoms with Gasteiger partial charge in [-0.2, -0.15) is 0 Å². The summed E-state index contributed by atoms with van der Waals surface area (Å²) in [5.41, 5.74) is 2.19. The highest BCUT2D eigenvalue weighted by atomic mass is 16.5. The molecule has 20 heavy (non-hydrogen) atoms. The van der Waals surface area contributed by atoms with Crippen LogP contribution < -0.4 is 15.4 Å². The quantitative estimate of drug-likeness (QED) is 0.803. The zero-order valence-corrected chi connectivity index (χ0v) is 12.5. The minimum atomic E-state index is -0.0433. The first-order chi connectivity index (χ1) is 9.60. The van der Waals surface area contributed by atoms with E-state index in [1.807, 2.05) is 26.0 Å². The van der Waals surface area contributed by atoms with Gasteiger partial charge in [0.05, 0.1) is 13.2 Å². The Labute approximate surface area is 120 Å². The third kappa shape index (κ3) is 4.23. The van der Waals surface area contributed by atoms with Crippen LogP contribution >= 0.6 is 0 Å². The average Bonchev–Trinajstić information content (AvgIpc) is 3.22. The first-order valence-electron chi connectivity index (χ1n) is 7.27. The molecule has 0 heterocycles. The second-order valence-corrected chi connectivity index (χ2v) is 5.51. The number of nitrogens with one attached hydrogen (secondary N) is 2. The van der Waals surface area contributed by atoms with Gasteiger partial charge >= 0.3 is 0 Å². The summed E-state index contributed by atoms with van der Waals surface area (Å²) in [6, 6.07) is 6.63.